The maximum atomic E-state index is 12.8. The zero-order chi connectivity index (χ0) is 18.0. The van der Waals surface area contributed by atoms with E-state index in [1.165, 1.54) is 11.3 Å². The fourth-order valence-electron chi connectivity index (χ4n) is 3.95. The van der Waals surface area contributed by atoms with Crippen LogP contribution < -0.4 is 5.32 Å². The molecule has 2 heterocycles. The lowest BCUT2D eigenvalue weighted by atomic mass is 9.92. The fraction of sp³-hybridized carbons (Fsp3) is 0.722. The summed E-state index contributed by atoms with van der Waals surface area (Å²) in [6.07, 6.45) is 5.18. The van der Waals surface area contributed by atoms with Crippen LogP contribution in [0.15, 0.2) is 6.20 Å². The summed E-state index contributed by atoms with van der Waals surface area (Å²) in [4.78, 5) is 27.8. The van der Waals surface area contributed by atoms with Gasteiger partial charge in [0.25, 0.3) is 0 Å². The van der Waals surface area contributed by atoms with Crippen molar-refractivity contribution in [2.75, 3.05) is 26.2 Å². The first-order valence-electron chi connectivity index (χ1n) is 9.36. The first kappa shape index (κ1) is 17.9. The maximum Gasteiger partial charge on any atom is 0.239 e. The molecular formula is C18H29N5O2. The first-order chi connectivity index (χ1) is 12.0. The van der Waals surface area contributed by atoms with E-state index in [4.69, 9.17) is 0 Å². The number of aromatic nitrogens is 2. The van der Waals surface area contributed by atoms with Gasteiger partial charge in [-0.25, -0.2) is 0 Å². The molecule has 0 spiro atoms. The van der Waals surface area contributed by atoms with E-state index in [9.17, 15) is 9.59 Å². The molecule has 1 fully saturated rings. The minimum atomic E-state index is -0.232. The molecule has 138 valence electrons. The van der Waals surface area contributed by atoms with Crippen LogP contribution in [0.3, 0.4) is 0 Å². The first-order valence-corrected chi connectivity index (χ1v) is 9.36. The van der Waals surface area contributed by atoms with Crippen molar-refractivity contribution in [3.63, 3.8) is 0 Å². The summed E-state index contributed by atoms with van der Waals surface area (Å²) in [7, 11) is 0. The van der Waals surface area contributed by atoms with Crippen LogP contribution in [0.5, 0.6) is 0 Å². The van der Waals surface area contributed by atoms with Crippen LogP contribution in [0.4, 0.5) is 0 Å². The number of hydrogen-bond donors (Lipinski definition) is 1. The number of hydrogen-bond acceptors (Lipinski definition) is 4. The highest BCUT2D eigenvalue weighted by Gasteiger charge is 2.30. The van der Waals surface area contributed by atoms with Crippen molar-refractivity contribution in [1.82, 2.24) is 24.9 Å². The molecule has 1 saturated heterocycles. The second-order valence-corrected chi connectivity index (χ2v) is 7.03. The molecule has 1 aromatic rings. The number of carbonyl (C=O) groups is 2. The van der Waals surface area contributed by atoms with Gasteiger partial charge in [-0.2, -0.15) is 5.10 Å². The molecule has 1 N–H and O–H groups in total. The number of amides is 2. The van der Waals surface area contributed by atoms with Crippen molar-refractivity contribution in [1.29, 1.82) is 0 Å². The van der Waals surface area contributed by atoms with Gasteiger partial charge in [0.2, 0.25) is 11.8 Å². The minimum Gasteiger partial charge on any atom is -0.339 e. The normalized spacial score (nSPS) is 21.8. The van der Waals surface area contributed by atoms with Crippen molar-refractivity contribution in [3.05, 3.63) is 17.5 Å². The van der Waals surface area contributed by atoms with Crippen LogP contribution in [0.2, 0.25) is 0 Å². The van der Waals surface area contributed by atoms with Crippen LogP contribution in [0.1, 0.15) is 50.9 Å². The number of rotatable bonds is 4. The van der Waals surface area contributed by atoms with Gasteiger partial charge in [-0.3, -0.25) is 19.6 Å². The van der Waals surface area contributed by atoms with E-state index in [1.54, 1.807) is 11.8 Å². The standard InChI is InChI=1S/C18H29N5O2/c1-4-23-17-7-5-6-16(15(17)12-19-23)20-13(2)18(25)22-10-8-21(9-11-22)14(3)24/h12-13,16,20H,4-11H2,1-3H3/t13-,16-/m0/s1. The predicted octanol–water partition coefficient (Wildman–Crippen LogP) is 0.949. The molecule has 0 aromatic carbocycles. The minimum absolute atomic E-state index is 0.0842. The predicted molar refractivity (Wildman–Crippen MR) is 95.0 cm³/mol. The zero-order valence-corrected chi connectivity index (χ0v) is 15.5. The molecule has 0 radical (unpaired) electrons. The molecular weight excluding hydrogens is 318 g/mol. The van der Waals surface area contributed by atoms with Crippen molar-refractivity contribution in [2.45, 2.75) is 58.7 Å². The summed E-state index contributed by atoms with van der Waals surface area (Å²) < 4.78 is 2.07. The molecule has 2 aliphatic rings. The van der Waals surface area contributed by atoms with Crippen molar-refractivity contribution in [2.24, 2.45) is 0 Å². The molecule has 7 nitrogen and oxygen atoms in total. The van der Waals surface area contributed by atoms with Gasteiger partial charge < -0.3 is 9.80 Å². The highest BCUT2D eigenvalue weighted by molar-refractivity contribution is 5.82. The summed E-state index contributed by atoms with van der Waals surface area (Å²) in [5, 5.41) is 8.00. The van der Waals surface area contributed by atoms with Gasteiger partial charge in [-0.15, -0.1) is 0 Å². The Hall–Kier alpha value is -1.89. The molecule has 3 rings (SSSR count). The fourth-order valence-corrected chi connectivity index (χ4v) is 3.95. The van der Waals surface area contributed by atoms with Crippen LogP contribution in [0.25, 0.3) is 0 Å². The van der Waals surface area contributed by atoms with Crippen LogP contribution >= 0.6 is 0 Å². The van der Waals surface area contributed by atoms with E-state index in [1.807, 2.05) is 18.0 Å². The highest BCUT2D eigenvalue weighted by Crippen LogP contribution is 2.30. The van der Waals surface area contributed by atoms with Crippen LogP contribution in [-0.4, -0.2) is 63.6 Å². The average molecular weight is 347 g/mol. The van der Waals surface area contributed by atoms with Crippen LogP contribution in [0, 0.1) is 0 Å². The van der Waals surface area contributed by atoms with Crippen LogP contribution in [-0.2, 0) is 22.6 Å². The van der Waals surface area contributed by atoms with Gasteiger partial charge in [0, 0.05) is 56.9 Å². The van der Waals surface area contributed by atoms with Gasteiger partial charge >= 0.3 is 0 Å². The third-order valence-corrected chi connectivity index (χ3v) is 5.42. The van der Waals surface area contributed by atoms with Crippen molar-refractivity contribution >= 4 is 11.8 Å². The Morgan fingerprint density at radius 1 is 1.28 bits per heavy atom. The highest BCUT2D eigenvalue weighted by atomic mass is 16.2. The van der Waals surface area contributed by atoms with E-state index in [0.717, 1.165) is 25.8 Å². The third kappa shape index (κ3) is 3.71. The Kier molecular flexibility index (Phi) is 5.42. The van der Waals surface area contributed by atoms with E-state index in [0.29, 0.717) is 26.2 Å². The molecule has 0 unspecified atom stereocenters. The second kappa shape index (κ2) is 7.56. The maximum absolute atomic E-state index is 12.8. The summed E-state index contributed by atoms with van der Waals surface area (Å²) in [5.41, 5.74) is 2.55. The summed E-state index contributed by atoms with van der Waals surface area (Å²) in [6.45, 7) is 9.02. The summed E-state index contributed by atoms with van der Waals surface area (Å²) in [6, 6.07) is -0.0358. The molecule has 2 atom stereocenters. The smallest absolute Gasteiger partial charge is 0.239 e. The Labute approximate surface area is 149 Å². The van der Waals surface area contributed by atoms with Crippen molar-refractivity contribution < 1.29 is 9.59 Å². The molecule has 0 bridgehead atoms. The van der Waals surface area contributed by atoms with Gasteiger partial charge in [-0.1, -0.05) is 0 Å². The monoisotopic (exact) mass is 347 g/mol. The zero-order valence-electron chi connectivity index (χ0n) is 15.5. The Balaban J connectivity index is 1.60. The number of piperazine rings is 1. The molecule has 1 aliphatic carbocycles. The van der Waals surface area contributed by atoms with E-state index in [-0.39, 0.29) is 23.9 Å². The summed E-state index contributed by atoms with van der Waals surface area (Å²) in [5.74, 6) is 0.208. The van der Waals surface area contributed by atoms with E-state index in [2.05, 4.69) is 22.0 Å². The largest absolute Gasteiger partial charge is 0.339 e. The Bertz CT molecular complexity index is 633. The lowest BCUT2D eigenvalue weighted by Gasteiger charge is -2.36. The van der Waals surface area contributed by atoms with Gasteiger partial charge in [0.1, 0.15) is 0 Å². The summed E-state index contributed by atoms with van der Waals surface area (Å²) >= 11 is 0. The molecule has 2 amide bonds. The number of nitrogens with zero attached hydrogens (tertiary/aromatic N) is 4. The van der Waals surface area contributed by atoms with Crippen molar-refractivity contribution in [3.8, 4) is 0 Å². The number of carbonyl (C=O) groups excluding carboxylic acids is 2. The molecule has 25 heavy (non-hydrogen) atoms. The van der Waals surface area contributed by atoms with Gasteiger partial charge in [0.05, 0.1) is 12.2 Å². The Morgan fingerprint density at radius 3 is 2.60 bits per heavy atom. The number of nitrogens with one attached hydrogen (secondary N) is 1. The topological polar surface area (TPSA) is 70.5 Å². The Morgan fingerprint density at radius 2 is 1.96 bits per heavy atom. The van der Waals surface area contributed by atoms with Gasteiger partial charge in [-0.05, 0) is 33.1 Å². The lowest BCUT2D eigenvalue weighted by molar-refractivity contribution is -0.139. The quantitative estimate of drug-likeness (QED) is 0.880. The second-order valence-electron chi connectivity index (χ2n) is 7.03. The van der Waals surface area contributed by atoms with E-state index >= 15 is 0 Å². The molecule has 7 heteroatoms. The molecule has 0 saturated carbocycles. The van der Waals surface area contributed by atoms with Gasteiger partial charge in [0.15, 0.2) is 0 Å². The number of fused-ring (bicyclic) bond motifs is 1. The lowest BCUT2D eigenvalue weighted by Crippen LogP contribution is -2.54. The third-order valence-electron chi connectivity index (χ3n) is 5.42. The molecule has 1 aliphatic heterocycles. The molecule has 1 aromatic heterocycles. The SMILES string of the molecule is CCn1ncc2c1CCC[C@@H]2N[C@@H](C)C(=O)N1CCN(C(C)=O)CC1. The average Bonchev–Trinajstić information content (AvgIpc) is 3.05. The van der Waals surface area contributed by atoms with E-state index < -0.39 is 0 Å². The number of aryl methyl sites for hydroxylation is 1.